The van der Waals surface area contributed by atoms with Crippen molar-refractivity contribution in [3.05, 3.63) is 47.3 Å². The van der Waals surface area contributed by atoms with Crippen molar-refractivity contribution in [3.63, 3.8) is 0 Å². The van der Waals surface area contributed by atoms with Gasteiger partial charge in [0.05, 0.1) is 6.61 Å². The Bertz CT molecular complexity index is 771. The number of hydrogen-bond acceptors (Lipinski definition) is 4. The average molecular weight is 376 g/mol. The fraction of sp³-hybridized carbons (Fsp3) is 0.526. The van der Waals surface area contributed by atoms with Crippen LogP contribution in [0.3, 0.4) is 0 Å². The van der Waals surface area contributed by atoms with Gasteiger partial charge in [0, 0.05) is 32.7 Å². The Morgan fingerprint density at radius 2 is 2.07 bits per heavy atom. The van der Waals surface area contributed by atoms with Crippen LogP contribution in [0, 0.1) is 12.7 Å². The number of aliphatic imine (C=N–C) groups is 1. The van der Waals surface area contributed by atoms with Gasteiger partial charge < -0.3 is 19.9 Å². The number of hydrogen-bond donors (Lipinski definition) is 2. The Morgan fingerprint density at radius 1 is 1.30 bits per heavy atom. The van der Waals surface area contributed by atoms with Gasteiger partial charge in [-0.2, -0.15) is 0 Å². The van der Waals surface area contributed by atoms with Gasteiger partial charge in [-0.05, 0) is 24.6 Å². The zero-order chi connectivity index (χ0) is 19.9. The van der Waals surface area contributed by atoms with Crippen LogP contribution in [0.25, 0.3) is 0 Å². The Labute approximate surface area is 160 Å². The third-order valence-corrected chi connectivity index (χ3v) is 4.46. The number of nitrogens with zero attached hydrogens (tertiary/aromatic N) is 4. The first-order valence-electron chi connectivity index (χ1n) is 8.95. The molecule has 0 aliphatic rings. The molecule has 1 aromatic carbocycles. The van der Waals surface area contributed by atoms with Crippen molar-refractivity contribution < 1.29 is 9.13 Å². The van der Waals surface area contributed by atoms with Gasteiger partial charge in [0.2, 0.25) is 0 Å². The van der Waals surface area contributed by atoms with Crippen molar-refractivity contribution >= 4 is 5.96 Å². The minimum atomic E-state index is -0.271. The van der Waals surface area contributed by atoms with Gasteiger partial charge in [0.1, 0.15) is 18.2 Å². The van der Waals surface area contributed by atoms with E-state index in [-0.39, 0.29) is 11.2 Å². The molecule has 0 bridgehead atoms. The van der Waals surface area contributed by atoms with E-state index in [1.54, 1.807) is 19.2 Å². The lowest BCUT2D eigenvalue weighted by molar-refractivity contribution is 0.203. The lowest BCUT2D eigenvalue weighted by Crippen LogP contribution is -2.44. The van der Waals surface area contributed by atoms with Gasteiger partial charge in [0.25, 0.3) is 0 Å². The van der Waals surface area contributed by atoms with Crippen LogP contribution < -0.4 is 10.6 Å². The summed E-state index contributed by atoms with van der Waals surface area (Å²) in [6.07, 6.45) is 0. The van der Waals surface area contributed by atoms with Crippen LogP contribution in [0.15, 0.2) is 29.3 Å². The van der Waals surface area contributed by atoms with Crippen LogP contribution in [0.2, 0.25) is 0 Å². The SMILES string of the molecule is COCCNC(=NCc1nnc(C)n1C)NCC(C)(C)c1cccc(F)c1. The number of methoxy groups -OCH3 is 1. The molecule has 2 aromatic rings. The van der Waals surface area contributed by atoms with Crippen molar-refractivity contribution in [1.82, 2.24) is 25.4 Å². The fourth-order valence-corrected chi connectivity index (χ4v) is 2.50. The summed E-state index contributed by atoms with van der Waals surface area (Å²) in [5.41, 5.74) is 0.655. The molecule has 1 aromatic heterocycles. The van der Waals surface area contributed by atoms with Crippen LogP contribution in [0.4, 0.5) is 4.39 Å². The molecule has 0 spiro atoms. The smallest absolute Gasteiger partial charge is 0.191 e. The number of halogens is 1. The quantitative estimate of drug-likeness (QED) is 0.418. The predicted molar refractivity (Wildman–Crippen MR) is 104 cm³/mol. The standard InChI is InChI=1S/C19H29FN6O/c1-14-24-25-17(26(14)4)12-22-18(21-9-10-27-5)23-13-19(2,3)15-7-6-8-16(20)11-15/h6-8,11H,9-10,12-13H2,1-5H3,(H2,21,22,23). The number of guanidine groups is 1. The lowest BCUT2D eigenvalue weighted by Gasteiger charge is -2.27. The molecule has 0 aliphatic heterocycles. The van der Waals surface area contributed by atoms with E-state index in [4.69, 9.17) is 4.74 Å². The van der Waals surface area contributed by atoms with Crippen LogP contribution in [0.1, 0.15) is 31.1 Å². The van der Waals surface area contributed by atoms with Gasteiger partial charge in [-0.1, -0.05) is 26.0 Å². The van der Waals surface area contributed by atoms with Crippen molar-refractivity contribution in [2.45, 2.75) is 32.7 Å². The number of nitrogens with one attached hydrogen (secondary N) is 2. The second-order valence-corrected chi connectivity index (χ2v) is 7.05. The highest BCUT2D eigenvalue weighted by Crippen LogP contribution is 2.22. The van der Waals surface area contributed by atoms with Crippen molar-refractivity contribution in [2.75, 3.05) is 26.8 Å². The van der Waals surface area contributed by atoms with E-state index in [9.17, 15) is 4.39 Å². The normalized spacial score (nSPS) is 12.3. The van der Waals surface area contributed by atoms with E-state index in [1.165, 1.54) is 6.07 Å². The maximum atomic E-state index is 13.6. The van der Waals surface area contributed by atoms with Gasteiger partial charge >= 0.3 is 0 Å². The van der Waals surface area contributed by atoms with E-state index in [1.807, 2.05) is 24.6 Å². The first kappa shape index (κ1) is 20.8. The Kier molecular flexibility index (Phi) is 7.29. The highest BCUT2D eigenvalue weighted by molar-refractivity contribution is 5.79. The Hall–Kier alpha value is -2.48. The molecule has 0 radical (unpaired) electrons. The number of aromatic nitrogens is 3. The molecule has 0 saturated carbocycles. The second kappa shape index (κ2) is 9.45. The minimum absolute atomic E-state index is 0.231. The van der Waals surface area contributed by atoms with Gasteiger partial charge in [-0.25, -0.2) is 9.38 Å². The lowest BCUT2D eigenvalue weighted by atomic mass is 9.84. The first-order chi connectivity index (χ1) is 12.8. The Morgan fingerprint density at radius 3 is 2.70 bits per heavy atom. The number of ether oxygens (including phenoxy) is 1. The molecule has 2 N–H and O–H groups in total. The number of benzene rings is 1. The molecule has 7 nitrogen and oxygen atoms in total. The zero-order valence-corrected chi connectivity index (χ0v) is 16.7. The summed E-state index contributed by atoms with van der Waals surface area (Å²) in [5, 5.41) is 14.8. The van der Waals surface area contributed by atoms with Crippen molar-refractivity contribution in [1.29, 1.82) is 0 Å². The third-order valence-electron chi connectivity index (χ3n) is 4.46. The van der Waals surface area contributed by atoms with E-state index in [0.717, 1.165) is 17.2 Å². The third kappa shape index (κ3) is 6.02. The van der Waals surface area contributed by atoms with Crippen molar-refractivity contribution in [2.24, 2.45) is 12.0 Å². The summed E-state index contributed by atoms with van der Waals surface area (Å²) < 4.78 is 20.6. The molecule has 2 rings (SSSR count). The molecule has 148 valence electrons. The highest BCUT2D eigenvalue weighted by atomic mass is 19.1. The monoisotopic (exact) mass is 376 g/mol. The van der Waals surface area contributed by atoms with Gasteiger partial charge in [-0.15, -0.1) is 10.2 Å². The average Bonchev–Trinajstić information content (AvgIpc) is 2.95. The Balaban J connectivity index is 2.06. The summed E-state index contributed by atoms with van der Waals surface area (Å²) in [4.78, 5) is 4.60. The summed E-state index contributed by atoms with van der Waals surface area (Å²) in [7, 11) is 3.57. The first-order valence-corrected chi connectivity index (χ1v) is 8.95. The molecule has 27 heavy (non-hydrogen) atoms. The molecule has 8 heteroatoms. The number of aryl methyl sites for hydroxylation is 1. The number of rotatable bonds is 8. The predicted octanol–water partition coefficient (Wildman–Crippen LogP) is 1.92. The molecular weight excluding hydrogens is 347 g/mol. The molecule has 0 atom stereocenters. The van der Waals surface area contributed by atoms with Crippen LogP contribution in [-0.4, -0.2) is 47.5 Å². The minimum Gasteiger partial charge on any atom is -0.383 e. The summed E-state index contributed by atoms with van der Waals surface area (Å²) in [6, 6.07) is 6.69. The topological polar surface area (TPSA) is 76.4 Å². The van der Waals surface area contributed by atoms with Crippen LogP contribution in [-0.2, 0) is 23.7 Å². The van der Waals surface area contributed by atoms with Crippen molar-refractivity contribution in [3.8, 4) is 0 Å². The summed E-state index contributed by atoms with van der Waals surface area (Å²) >= 11 is 0. The van der Waals surface area contributed by atoms with Gasteiger partial charge in [-0.3, -0.25) is 0 Å². The molecule has 0 saturated heterocycles. The summed E-state index contributed by atoms with van der Waals surface area (Å²) in [5.74, 6) is 2.04. The molecule has 1 heterocycles. The van der Waals surface area contributed by atoms with E-state index >= 15 is 0 Å². The second-order valence-electron chi connectivity index (χ2n) is 7.05. The van der Waals surface area contributed by atoms with Crippen LogP contribution in [0.5, 0.6) is 0 Å². The molecular formula is C19H29FN6O. The zero-order valence-electron chi connectivity index (χ0n) is 16.7. The molecule has 0 unspecified atom stereocenters. The molecule has 0 amide bonds. The highest BCUT2D eigenvalue weighted by Gasteiger charge is 2.21. The maximum absolute atomic E-state index is 13.6. The van der Waals surface area contributed by atoms with E-state index in [2.05, 4.69) is 39.7 Å². The summed E-state index contributed by atoms with van der Waals surface area (Å²) in [6.45, 7) is 8.21. The molecule has 0 fully saturated rings. The van der Waals surface area contributed by atoms with Crippen LogP contribution >= 0.6 is 0 Å². The van der Waals surface area contributed by atoms with Gasteiger partial charge in [0.15, 0.2) is 11.8 Å². The fourth-order valence-electron chi connectivity index (χ4n) is 2.50. The van der Waals surface area contributed by atoms with E-state index in [0.29, 0.717) is 32.2 Å². The maximum Gasteiger partial charge on any atom is 0.191 e. The molecule has 0 aliphatic carbocycles. The largest absolute Gasteiger partial charge is 0.383 e. The van der Waals surface area contributed by atoms with E-state index < -0.39 is 0 Å².